The topological polar surface area (TPSA) is 72.7 Å². The predicted molar refractivity (Wildman–Crippen MR) is 75.6 cm³/mol. The first-order valence-corrected chi connectivity index (χ1v) is 6.82. The van der Waals surface area contributed by atoms with Crippen LogP contribution in [0.3, 0.4) is 0 Å². The average molecular weight is 314 g/mol. The first-order chi connectivity index (χ1) is 9.65. The van der Waals surface area contributed by atoms with Crippen molar-refractivity contribution in [2.24, 2.45) is 0 Å². The standard InChI is InChI=1S/C12H13Cl2N5O/c13-10-4-3-9(11(14)6-10)2-1-5-15-12(20)7-19-8-16-17-18-19/h3-4,6,8H,1-2,5,7H2,(H,15,20). The highest BCUT2D eigenvalue weighted by atomic mass is 35.5. The van der Waals surface area contributed by atoms with Crippen molar-refractivity contribution in [3.63, 3.8) is 0 Å². The fourth-order valence-electron chi connectivity index (χ4n) is 1.69. The molecule has 1 aromatic heterocycles. The van der Waals surface area contributed by atoms with E-state index in [1.165, 1.54) is 11.0 Å². The molecule has 6 nitrogen and oxygen atoms in total. The van der Waals surface area contributed by atoms with Gasteiger partial charge in [0, 0.05) is 16.6 Å². The number of carbonyl (C=O) groups excluding carboxylic acids is 1. The summed E-state index contributed by atoms with van der Waals surface area (Å²) in [6.45, 7) is 0.689. The van der Waals surface area contributed by atoms with Gasteiger partial charge < -0.3 is 5.32 Å². The Labute approximate surface area is 126 Å². The zero-order valence-corrected chi connectivity index (χ0v) is 12.1. The maximum Gasteiger partial charge on any atom is 0.241 e. The summed E-state index contributed by atoms with van der Waals surface area (Å²) in [5.74, 6) is -0.125. The van der Waals surface area contributed by atoms with Crippen molar-refractivity contribution in [3.8, 4) is 0 Å². The summed E-state index contributed by atoms with van der Waals surface area (Å²) < 4.78 is 1.37. The Balaban J connectivity index is 1.69. The molecule has 2 aromatic rings. The summed E-state index contributed by atoms with van der Waals surface area (Å²) in [4.78, 5) is 11.6. The average Bonchev–Trinajstić information content (AvgIpc) is 2.89. The lowest BCUT2D eigenvalue weighted by atomic mass is 10.1. The molecular weight excluding hydrogens is 301 g/mol. The summed E-state index contributed by atoms with van der Waals surface area (Å²) in [6, 6.07) is 5.42. The van der Waals surface area contributed by atoms with Crippen LogP contribution in [0.1, 0.15) is 12.0 Å². The molecule has 0 unspecified atom stereocenters. The van der Waals surface area contributed by atoms with Gasteiger partial charge in [-0.2, -0.15) is 0 Å². The third-order valence-corrected chi connectivity index (χ3v) is 3.24. The molecule has 1 amide bonds. The van der Waals surface area contributed by atoms with Gasteiger partial charge in [-0.1, -0.05) is 29.3 Å². The van der Waals surface area contributed by atoms with Crippen LogP contribution < -0.4 is 5.32 Å². The molecule has 20 heavy (non-hydrogen) atoms. The van der Waals surface area contributed by atoms with E-state index in [0.717, 1.165) is 18.4 Å². The Hall–Kier alpha value is -1.66. The molecule has 0 fully saturated rings. The van der Waals surface area contributed by atoms with Gasteiger partial charge in [0.1, 0.15) is 12.9 Å². The van der Waals surface area contributed by atoms with Crippen LogP contribution in [0.15, 0.2) is 24.5 Å². The number of nitrogens with zero attached hydrogens (tertiary/aromatic N) is 4. The summed E-state index contributed by atoms with van der Waals surface area (Å²) in [7, 11) is 0. The second-order valence-electron chi connectivity index (χ2n) is 4.20. The number of hydrogen-bond acceptors (Lipinski definition) is 4. The Morgan fingerprint density at radius 2 is 2.20 bits per heavy atom. The number of benzene rings is 1. The van der Waals surface area contributed by atoms with Crippen LogP contribution in [-0.2, 0) is 17.8 Å². The number of tetrazole rings is 1. The fraction of sp³-hybridized carbons (Fsp3) is 0.333. The molecule has 0 saturated carbocycles. The van der Waals surface area contributed by atoms with E-state index in [1.54, 1.807) is 12.1 Å². The molecule has 106 valence electrons. The van der Waals surface area contributed by atoms with E-state index in [1.807, 2.05) is 6.07 Å². The number of aryl methyl sites for hydroxylation is 1. The Morgan fingerprint density at radius 1 is 1.35 bits per heavy atom. The van der Waals surface area contributed by atoms with Crippen LogP contribution in [0.25, 0.3) is 0 Å². The first-order valence-electron chi connectivity index (χ1n) is 6.06. The van der Waals surface area contributed by atoms with E-state index in [2.05, 4.69) is 20.8 Å². The minimum absolute atomic E-state index is 0.120. The minimum atomic E-state index is -0.125. The van der Waals surface area contributed by atoms with Gasteiger partial charge >= 0.3 is 0 Å². The smallest absolute Gasteiger partial charge is 0.241 e. The Kier molecular flexibility index (Phi) is 5.31. The number of hydrogen-bond donors (Lipinski definition) is 1. The zero-order valence-electron chi connectivity index (χ0n) is 10.6. The van der Waals surface area contributed by atoms with Crippen molar-refractivity contribution in [3.05, 3.63) is 40.1 Å². The fourth-order valence-corrected chi connectivity index (χ4v) is 2.19. The molecule has 1 heterocycles. The van der Waals surface area contributed by atoms with Gasteiger partial charge in [-0.3, -0.25) is 4.79 Å². The van der Waals surface area contributed by atoms with Crippen molar-refractivity contribution < 1.29 is 4.79 Å². The van der Waals surface area contributed by atoms with Crippen molar-refractivity contribution in [2.45, 2.75) is 19.4 Å². The molecule has 0 aliphatic heterocycles. The molecule has 1 aromatic carbocycles. The third-order valence-electron chi connectivity index (χ3n) is 2.66. The number of carbonyl (C=O) groups is 1. The van der Waals surface area contributed by atoms with Gasteiger partial charge in [0.05, 0.1) is 0 Å². The SMILES string of the molecule is O=C(Cn1cnnn1)NCCCc1ccc(Cl)cc1Cl. The molecule has 0 atom stereocenters. The van der Waals surface area contributed by atoms with Crippen LogP contribution in [0.5, 0.6) is 0 Å². The quantitative estimate of drug-likeness (QED) is 0.824. The molecule has 0 radical (unpaired) electrons. The zero-order chi connectivity index (χ0) is 14.4. The second kappa shape index (κ2) is 7.21. The summed E-state index contributed by atoms with van der Waals surface area (Å²) in [5, 5.41) is 14.6. The van der Waals surface area contributed by atoms with Gasteiger partial charge in [0.25, 0.3) is 0 Å². The highest BCUT2D eigenvalue weighted by Gasteiger charge is 2.04. The minimum Gasteiger partial charge on any atom is -0.354 e. The number of aromatic nitrogens is 4. The summed E-state index contributed by atoms with van der Waals surface area (Å²) >= 11 is 11.9. The third kappa shape index (κ3) is 4.47. The van der Waals surface area contributed by atoms with Crippen LogP contribution in [0.2, 0.25) is 10.0 Å². The molecule has 0 bridgehead atoms. The van der Waals surface area contributed by atoms with E-state index in [0.29, 0.717) is 16.6 Å². The van der Waals surface area contributed by atoms with Crippen molar-refractivity contribution in [1.29, 1.82) is 0 Å². The molecule has 0 spiro atoms. The second-order valence-corrected chi connectivity index (χ2v) is 5.04. The molecule has 1 N–H and O–H groups in total. The van der Waals surface area contributed by atoms with Crippen molar-refractivity contribution in [1.82, 2.24) is 25.5 Å². The lowest BCUT2D eigenvalue weighted by Crippen LogP contribution is -2.28. The van der Waals surface area contributed by atoms with Crippen LogP contribution in [0, 0.1) is 0 Å². The number of amides is 1. The van der Waals surface area contributed by atoms with Gasteiger partial charge in [-0.15, -0.1) is 5.10 Å². The lowest BCUT2D eigenvalue weighted by Gasteiger charge is -2.06. The monoisotopic (exact) mass is 313 g/mol. The predicted octanol–water partition coefficient (Wildman–Crippen LogP) is 1.73. The van der Waals surface area contributed by atoms with Crippen molar-refractivity contribution in [2.75, 3.05) is 6.54 Å². The van der Waals surface area contributed by atoms with E-state index in [9.17, 15) is 4.79 Å². The van der Waals surface area contributed by atoms with Crippen LogP contribution in [0.4, 0.5) is 0 Å². The molecule has 0 aliphatic carbocycles. The molecule has 8 heteroatoms. The highest BCUT2D eigenvalue weighted by molar-refractivity contribution is 6.35. The summed E-state index contributed by atoms with van der Waals surface area (Å²) in [5.41, 5.74) is 1.02. The van der Waals surface area contributed by atoms with Crippen molar-refractivity contribution >= 4 is 29.1 Å². The molecule has 0 saturated heterocycles. The van der Waals surface area contributed by atoms with Gasteiger partial charge in [0.2, 0.25) is 5.91 Å². The number of nitrogens with one attached hydrogen (secondary N) is 1. The maximum absolute atomic E-state index is 11.6. The summed E-state index contributed by atoms with van der Waals surface area (Å²) in [6.07, 6.45) is 2.97. The van der Waals surface area contributed by atoms with E-state index in [4.69, 9.17) is 23.2 Å². The largest absolute Gasteiger partial charge is 0.354 e. The van der Waals surface area contributed by atoms with Gasteiger partial charge in [-0.05, 0) is 41.0 Å². The van der Waals surface area contributed by atoms with E-state index < -0.39 is 0 Å². The molecule has 0 aliphatic rings. The lowest BCUT2D eigenvalue weighted by molar-refractivity contribution is -0.121. The Morgan fingerprint density at radius 3 is 2.90 bits per heavy atom. The maximum atomic E-state index is 11.6. The van der Waals surface area contributed by atoms with Gasteiger partial charge in [0.15, 0.2) is 0 Å². The number of rotatable bonds is 6. The van der Waals surface area contributed by atoms with E-state index in [-0.39, 0.29) is 12.5 Å². The Bertz CT molecular complexity index is 573. The van der Waals surface area contributed by atoms with E-state index >= 15 is 0 Å². The first kappa shape index (κ1) is 14.7. The molecular formula is C12H13Cl2N5O. The normalized spacial score (nSPS) is 10.5. The molecule has 2 rings (SSSR count). The highest BCUT2D eigenvalue weighted by Crippen LogP contribution is 2.21. The van der Waals surface area contributed by atoms with Crippen LogP contribution in [-0.4, -0.2) is 32.7 Å². The van der Waals surface area contributed by atoms with Crippen LogP contribution >= 0.6 is 23.2 Å². The number of halogens is 2. The van der Waals surface area contributed by atoms with Gasteiger partial charge in [-0.25, -0.2) is 4.68 Å².